The Labute approximate surface area is 393 Å². The number of nitrogens with two attached hydrogens (primary N) is 1. The summed E-state index contributed by atoms with van der Waals surface area (Å²) in [6.45, 7) is 8.13. The minimum Gasteiger partial charge on any atom is -0.508 e. The van der Waals surface area contributed by atoms with E-state index in [9.17, 15) is 33.9 Å². The molecule has 8 N–H and O–H groups in total. The molecular formula is C49H69N7O11. The molecule has 0 radical (unpaired) electrons. The van der Waals surface area contributed by atoms with Crippen LogP contribution in [0.3, 0.4) is 0 Å². The van der Waals surface area contributed by atoms with Crippen LogP contribution in [0.4, 0.5) is 0 Å². The second-order valence-electron chi connectivity index (χ2n) is 16.8. The first-order chi connectivity index (χ1) is 32.3. The molecule has 0 unspecified atom stereocenters. The lowest BCUT2D eigenvalue weighted by molar-refractivity contribution is -0.133. The fourth-order valence-electron chi connectivity index (χ4n) is 7.06. The lowest BCUT2D eigenvalue weighted by atomic mass is 10.0. The Hall–Kier alpha value is -6.24. The molecular weight excluding hydrogens is 863 g/mol. The van der Waals surface area contributed by atoms with Gasteiger partial charge in [0.05, 0.1) is 39.0 Å². The summed E-state index contributed by atoms with van der Waals surface area (Å²) >= 11 is 0. The van der Waals surface area contributed by atoms with Crippen LogP contribution in [0.1, 0.15) is 64.0 Å². The van der Waals surface area contributed by atoms with Crippen molar-refractivity contribution in [3.8, 4) is 17.2 Å². The Morgan fingerprint density at radius 1 is 0.627 bits per heavy atom. The van der Waals surface area contributed by atoms with Crippen LogP contribution in [0.25, 0.3) is 0 Å². The molecule has 0 spiro atoms. The monoisotopic (exact) mass is 932 g/mol. The second kappa shape index (κ2) is 29.4. The number of amides is 6. The van der Waals surface area contributed by atoms with Gasteiger partial charge in [-0.05, 0) is 73.9 Å². The van der Waals surface area contributed by atoms with Gasteiger partial charge in [0.25, 0.3) is 0 Å². The van der Waals surface area contributed by atoms with Crippen LogP contribution in [0.15, 0.2) is 78.9 Å². The van der Waals surface area contributed by atoms with E-state index in [-0.39, 0.29) is 36.3 Å². The Morgan fingerprint density at radius 3 is 1.87 bits per heavy atom. The third-order valence-corrected chi connectivity index (χ3v) is 10.7. The highest BCUT2D eigenvalue weighted by atomic mass is 16.6. The predicted octanol–water partition coefficient (Wildman–Crippen LogP) is 2.15. The maximum Gasteiger partial charge on any atom is 0.243 e. The van der Waals surface area contributed by atoms with Crippen LogP contribution in [0.2, 0.25) is 0 Å². The number of ether oxygens (including phenoxy) is 4. The number of hydrogen-bond acceptors (Lipinski definition) is 12. The topological polar surface area (TPSA) is 249 Å². The first-order valence-corrected chi connectivity index (χ1v) is 23.1. The summed E-state index contributed by atoms with van der Waals surface area (Å²) in [5, 5.41) is 23.0. The van der Waals surface area contributed by atoms with Gasteiger partial charge in [-0.2, -0.15) is 0 Å². The third kappa shape index (κ3) is 20.4. The summed E-state index contributed by atoms with van der Waals surface area (Å²) in [5.74, 6) is -1.42. The van der Waals surface area contributed by atoms with Gasteiger partial charge in [0.15, 0.2) is 11.5 Å². The zero-order valence-electron chi connectivity index (χ0n) is 39.0. The van der Waals surface area contributed by atoms with Crippen LogP contribution in [0.5, 0.6) is 17.2 Å². The number of hydrogen-bond donors (Lipinski definition) is 7. The average Bonchev–Trinajstić information content (AvgIpc) is 3.32. The highest BCUT2D eigenvalue weighted by Gasteiger charge is 2.28. The standard InChI is InChI=1S/C49H69N7O11/c1-34(2)30-40(48(62)51-21-11-5-8-16-45(59)56-22-24-64-26-28-66-42-14-9-10-15-43(42)67-29-27-65-25-23-56)55-49(63)41(32-36-12-6-4-7-13-36)54-44(58)33-52-46(60)35(3)53-47(61)39(50)31-37-17-19-38(57)20-18-37/h4,6-7,9-10,12-15,17-20,34-35,39-41,57H,5,8,11,16,21-33,50H2,1-3H3,(H,51,62)(H,52,60)(H,53,61)(H,54,58)(H,55,63)/t35-,39+,40+,41+/m1/s1. The molecule has 1 aliphatic heterocycles. The number of carbonyl (C=O) groups excluding carboxylic acids is 6. The zero-order chi connectivity index (χ0) is 48.4. The Kier molecular flexibility index (Phi) is 23.4. The van der Waals surface area contributed by atoms with E-state index < -0.39 is 54.3 Å². The molecule has 366 valence electrons. The lowest BCUT2D eigenvalue weighted by Gasteiger charge is -2.24. The van der Waals surface area contributed by atoms with Crippen molar-refractivity contribution in [3.05, 3.63) is 90.0 Å². The number of phenolic OH excluding ortho intramolecular Hbond substituents is 1. The Balaban J connectivity index is 1.21. The van der Waals surface area contributed by atoms with E-state index in [1.807, 2.05) is 68.4 Å². The number of nitrogens with one attached hydrogen (secondary N) is 5. The molecule has 18 nitrogen and oxygen atoms in total. The largest absolute Gasteiger partial charge is 0.508 e. The number of nitrogens with zero attached hydrogens (tertiary/aromatic N) is 1. The van der Waals surface area contributed by atoms with E-state index in [0.717, 1.165) is 11.1 Å². The molecule has 1 heterocycles. The van der Waals surface area contributed by atoms with Crippen molar-refractivity contribution in [2.75, 3.05) is 65.8 Å². The summed E-state index contributed by atoms with van der Waals surface area (Å²) in [6.07, 6.45) is 2.87. The summed E-state index contributed by atoms with van der Waals surface area (Å²) in [6, 6.07) is 18.8. The van der Waals surface area contributed by atoms with Crippen LogP contribution in [-0.4, -0.2) is 135 Å². The Bertz CT molecular complexity index is 1970. The van der Waals surface area contributed by atoms with E-state index in [4.69, 9.17) is 24.7 Å². The summed E-state index contributed by atoms with van der Waals surface area (Å²) in [7, 11) is 0. The smallest absolute Gasteiger partial charge is 0.243 e. The minimum atomic E-state index is -1.09. The van der Waals surface area contributed by atoms with Gasteiger partial charge in [-0.25, -0.2) is 0 Å². The number of unbranched alkanes of at least 4 members (excludes halogenated alkanes) is 2. The van der Waals surface area contributed by atoms with Gasteiger partial charge >= 0.3 is 0 Å². The SMILES string of the molecule is CC(C)C[C@H](NC(=O)[C@H](Cc1ccccc1)NC(=O)CNC(=O)[C@@H](C)NC(=O)[C@@H](N)Cc1ccc(O)cc1)C(=O)NCCCCCC(=O)N1CCOCCOc2ccccc2OCCOCC1. The Morgan fingerprint density at radius 2 is 1.24 bits per heavy atom. The third-order valence-electron chi connectivity index (χ3n) is 10.7. The van der Waals surface area contributed by atoms with Gasteiger partial charge in [-0.15, -0.1) is 0 Å². The number of benzene rings is 3. The number of rotatable bonds is 21. The van der Waals surface area contributed by atoms with E-state index in [2.05, 4.69) is 26.6 Å². The molecule has 6 amide bonds. The van der Waals surface area contributed by atoms with Crippen molar-refractivity contribution in [1.29, 1.82) is 0 Å². The van der Waals surface area contributed by atoms with Crippen LogP contribution >= 0.6 is 0 Å². The molecule has 3 aromatic carbocycles. The number of fused-ring (bicyclic) bond motifs is 1. The number of aromatic hydroxyl groups is 1. The maximum atomic E-state index is 13.8. The van der Waals surface area contributed by atoms with Gasteiger partial charge < -0.3 is 61.3 Å². The molecule has 0 saturated carbocycles. The highest BCUT2D eigenvalue weighted by Crippen LogP contribution is 2.26. The highest BCUT2D eigenvalue weighted by molar-refractivity contribution is 5.94. The molecule has 4 atom stereocenters. The number of phenols is 1. The lowest BCUT2D eigenvalue weighted by Crippen LogP contribution is -2.56. The van der Waals surface area contributed by atoms with Crippen LogP contribution < -0.4 is 41.8 Å². The first-order valence-electron chi connectivity index (χ1n) is 23.1. The summed E-state index contributed by atoms with van der Waals surface area (Å²) < 4.78 is 23.1. The second-order valence-corrected chi connectivity index (χ2v) is 16.8. The first kappa shape index (κ1) is 53.4. The summed E-state index contributed by atoms with van der Waals surface area (Å²) in [5.41, 5.74) is 7.52. The molecule has 0 aliphatic carbocycles. The van der Waals surface area contributed by atoms with Gasteiger partial charge in [-0.3, -0.25) is 28.8 Å². The predicted molar refractivity (Wildman–Crippen MR) is 251 cm³/mol. The molecule has 67 heavy (non-hydrogen) atoms. The van der Waals surface area contributed by atoms with E-state index in [1.165, 1.54) is 19.1 Å². The number of para-hydroxylation sites is 2. The molecule has 0 bridgehead atoms. The normalized spacial score (nSPS) is 15.3. The molecule has 18 heteroatoms. The zero-order valence-corrected chi connectivity index (χ0v) is 39.0. The molecule has 1 aliphatic rings. The van der Waals surface area contributed by atoms with Gasteiger partial charge in [-0.1, -0.05) is 74.9 Å². The quantitative estimate of drug-likeness (QED) is 0.0760. The summed E-state index contributed by atoms with van der Waals surface area (Å²) in [4.78, 5) is 81.0. The average molecular weight is 932 g/mol. The minimum absolute atomic E-state index is 0.0118. The van der Waals surface area contributed by atoms with E-state index in [0.29, 0.717) is 103 Å². The van der Waals surface area contributed by atoms with Crippen LogP contribution in [-0.2, 0) is 51.1 Å². The molecule has 0 saturated heterocycles. The van der Waals surface area contributed by atoms with Crippen molar-refractivity contribution in [1.82, 2.24) is 31.5 Å². The fourth-order valence-corrected chi connectivity index (χ4v) is 7.06. The number of carbonyl (C=O) groups is 6. The molecule has 0 aromatic heterocycles. The van der Waals surface area contributed by atoms with Gasteiger partial charge in [0.2, 0.25) is 35.4 Å². The van der Waals surface area contributed by atoms with Crippen LogP contribution in [0, 0.1) is 5.92 Å². The van der Waals surface area contributed by atoms with Crippen molar-refractivity contribution < 1.29 is 52.8 Å². The molecule has 3 aromatic rings. The van der Waals surface area contributed by atoms with Gasteiger partial charge in [0, 0.05) is 32.5 Å². The van der Waals surface area contributed by atoms with Crippen molar-refractivity contribution in [3.63, 3.8) is 0 Å². The van der Waals surface area contributed by atoms with Crippen molar-refractivity contribution in [2.45, 2.75) is 89.9 Å². The molecule has 0 fully saturated rings. The molecule has 4 rings (SSSR count). The van der Waals surface area contributed by atoms with E-state index in [1.54, 1.807) is 17.0 Å². The van der Waals surface area contributed by atoms with Crippen molar-refractivity contribution >= 4 is 35.4 Å². The van der Waals surface area contributed by atoms with Gasteiger partial charge in [0.1, 0.15) is 37.1 Å². The maximum absolute atomic E-state index is 13.8. The fraction of sp³-hybridized carbons (Fsp3) is 0.510. The van der Waals surface area contributed by atoms with Crippen molar-refractivity contribution in [2.24, 2.45) is 11.7 Å². The van der Waals surface area contributed by atoms with E-state index >= 15 is 0 Å².